The van der Waals surface area contributed by atoms with Crippen molar-refractivity contribution in [3.05, 3.63) is 33.8 Å². The molecule has 0 atom stereocenters. The molecule has 1 rings (SSSR count). The molecule has 0 radical (unpaired) electrons. The summed E-state index contributed by atoms with van der Waals surface area (Å²) in [4.78, 5) is 0. The van der Waals surface area contributed by atoms with E-state index in [1.165, 1.54) is 6.92 Å². The molecule has 2 nitrogen and oxygen atoms in total. The van der Waals surface area contributed by atoms with E-state index in [1.807, 2.05) is 0 Å². The molecular formula is C8H7BrF2N2. The maximum atomic E-state index is 13.1. The van der Waals surface area contributed by atoms with Crippen LogP contribution in [-0.2, 0) is 0 Å². The maximum absolute atomic E-state index is 13.1. The second-order valence-corrected chi connectivity index (χ2v) is 3.32. The third-order valence-electron chi connectivity index (χ3n) is 1.59. The van der Waals surface area contributed by atoms with Crippen molar-refractivity contribution in [3.63, 3.8) is 0 Å². The fourth-order valence-electron chi connectivity index (χ4n) is 0.869. The Bertz CT molecular complexity index is 363. The third-order valence-corrected chi connectivity index (χ3v) is 2.20. The lowest BCUT2D eigenvalue weighted by Crippen LogP contribution is -2.03. The summed E-state index contributed by atoms with van der Waals surface area (Å²) in [7, 11) is 0. The minimum absolute atomic E-state index is 0.0724. The Morgan fingerprint density at radius 3 is 2.54 bits per heavy atom. The van der Waals surface area contributed by atoms with E-state index in [9.17, 15) is 8.78 Å². The molecule has 0 aliphatic heterocycles. The molecule has 0 heterocycles. The predicted octanol–water partition coefficient (Wildman–Crippen LogP) is 2.41. The highest BCUT2D eigenvalue weighted by Crippen LogP contribution is 2.20. The summed E-state index contributed by atoms with van der Waals surface area (Å²) in [6.07, 6.45) is 0. The molecule has 1 aromatic carbocycles. The topological polar surface area (TPSA) is 38.4 Å². The van der Waals surface area contributed by atoms with Crippen LogP contribution in [0.15, 0.2) is 21.7 Å². The van der Waals surface area contributed by atoms with Crippen molar-refractivity contribution in [2.24, 2.45) is 10.9 Å². The van der Waals surface area contributed by atoms with Gasteiger partial charge in [0.05, 0.1) is 10.2 Å². The van der Waals surface area contributed by atoms with E-state index in [4.69, 9.17) is 5.84 Å². The molecule has 0 fully saturated rings. The van der Waals surface area contributed by atoms with E-state index < -0.39 is 11.6 Å². The summed E-state index contributed by atoms with van der Waals surface area (Å²) >= 11 is 2.87. The first-order valence-electron chi connectivity index (χ1n) is 3.45. The van der Waals surface area contributed by atoms with Crippen LogP contribution in [0.1, 0.15) is 12.5 Å². The average molecular weight is 249 g/mol. The first kappa shape index (κ1) is 10.1. The van der Waals surface area contributed by atoms with E-state index in [0.717, 1.165) is 12.1 Å². The maximum Gasteiger partial charge on any atom is 0.138 e. The highest BCUT2D eigenvalue weighted by molar-refractivity contribution is 9.10. The van der Waals surface area contributed by atoms with Crippen LogP contribution in [0.3, 0.4) is 0 Å². The molecule has 13 heavy (non-hydrogen) atoms. The molecule has 70 valence electrons. The number of hydrazone groups is 1. The van der Waals surface area contributed by atoms with Crippen molar-refractivity contribution in [1.29, 1.82) is 0 Å². The molecule has 0 aliphatic carbocycles. The van der Waals surface area contributed by atoms with E-state index in [0.29, 0.717) is 0 Å². The van der Waals surface area contributed by atoms with Gasteiger partial charge in [-0.3, -0.25) is 0 Å². The van der Waals surface area contributed by atoms with Gasteiger partial charge in [0.15, 0.2) is 0 Å². The molecule has 1 aromatic rings. The Labute approximate surface area is 82.6 Å². The smallest absolute Gasteiger partial charge is 0.138 e. The SMILES string of the molecule is CC(=NN)c1cc(F)c(Br)cc1F. The van der Waals surface area contributed by atoms with Gasteiger partial charge in [-0.05, 0) is 35.0 Å². The summed E-state index contributed by atoms with van der Waals surface area (Å²) in [5.74, 6) is 3.85. The summed E-state index contributed by atoms with van der Waals surface area (Å²) in [5, 5.41) is 3.29. The summed E-state index contributed by atoms with van der Waals surface area (Å²) < 4.78 is 26.2. The van der Waals surface area contributed by atoms with Gasteiger partial charge in [-0.1, -0.05) is 0 Å². The minimum atomic E-state index is -0.556. The minimum Gasteiger partial charge on any atom is -0.323 e. The summed E-state index contributed by atoms with van der Waals surface area (Å²) in [6.45, 7) is 1.51. The van der Waals surface area contributed by atoms with Crippen molar-refractivity contribution in [1.82, 2.24) is 0 Å². The van der Waals surface area contributed by atoms with E-state index in [-0.39, 0.29) is 15.7 Å². The average Bonchev–Trinajstić information content (AvgIpc) is 2.10. The van der Waals surface area contributed by atoms with Gasteiger partial charge in [0.1, 0.15) is 11.6 Å². The monoisotopic (exact) mass is 248 g/mol. The normalized spacial score (nSPS) is 11.8. The van der Waals surface area contributed by atoms with Crippen molar-refractivity contribution >= 4 is 21.6 Å². The number of nitrogens with zero attached hydrogens (tertiary/aromatic N) is 1. The van der Waals surface area contributed by atoms with Gasteiger partial charge in [0.25, 0.3) is 0 Å². The zero-order chi connectivity index (χ0) is 10.0. The molecule has 0 unspecified atom stereocenters. The van der Waals surface area contributed by atoms with Gasteiger partial charge in [-0.15, -0.1) is 0 Å². The van der Waals surface area contributed by atoms with Crippen molar-refractivity contribution in [2.45, 2.75) is 6.92 Å². The zero-order valence-corrected chi connectivity index (χ0v) is 8.40. The van der Waals surface area contributed by atoms with Gasteiger partial charge < -0.3 is 5.84 Å². The van der Waals surface area contributed by atoms with Gasteiger partial charge in [0, 0.05) is 5.56 Å². The molecule has 0 spiro atoms. The van der Waals surface area contributed by atoms with Crippen molar-refractivity contribution in [2.75, 3.05) is 0 Å². The van der Waals surface area contributed by atoms with Crippen LogP contribution >= 0.6 is 15.9 Å². The fourth-order valence-corrected chi connectivity index (χ4v) is 1.18. The second kappa shape index (κ2) is 3.83. The molecule has 0 saturated heterocycles. The molecule has 0 aliphatic rings. The molecule has 2 N–H and O–H groups in total. The number of nitrogens with two attached hydrogens (primary N) is 1. The molecular weight excluding hydrogens is 242 g/mol. The van der Waals surface area contributed by atoms with E-state index >= 15 is 0 Å². The van der Waals surface area contributed by atoms with Gasteiger partial charge >= 0.3 is 0 Å². The Morgan fingerprint density at radius 1 is 1.38 bits per heavy atom. The van der Waals surface area contributed by atoms with Crippen LogP contribution in [0.4, 0.5) is 8.78 Å². The molecule has 0 bridgehead atoms. The van der Waals surface area contributed by atoms with Crippen LogP contribution < -0.4 is 5.84 Å². The lowest BCUT2D eigenvalue weighted by atomic mass is 10.1. The molecule has 5 heteroatoms. The first-order valence-corrected chi connectivity index (χ1v) is 4.25. The molecule has 0 amide bonds. The van der Waals surface area contributed by atoms with Crippen molar-refractivity contribution in [3.8, 4) is 0 Å². The van der Waals surface area contributed by atoms with Crippen LogP contribution in [-0.4, -0.2) is 5.71 Å². The van der Waals surface area contributed by atoms with Crippen molar-refractivity contribution < 1.29 is 8.78 Å². The highest BCUT2D eigenvalue weighted by atomic mass is 79.9. The Balaban J connectivity index is 3.32. The fraction of sp³-hybridized carbons (Fsp3) is 0.125. The third kappa shape index (κ3) is 2.03. The second-order valence-electron chi connectivity index (χ2n) is 2.46. The van der Waals surface area contributed by atoms with Crippen LogP contribution in [0.25, 0.3) is 0 Å². The summed E-state index contributed by atoms with van der Waals surface area (Å²) in [5.41, 5.74) is 0.326. The lowest BCUT2D eigenvalue weighted by Gasteiger charge is -2.02. The largest absolute Gasteiger partial charge is 0.323 e. The van der Waals surface area contributed by atoms with Crippen LogP contribution in [0, 0.1) is 11.6 Å². The lowest BCUT2D eigenvalue weighted by molar-refractivity contribution is 0.592. The quantitative estimate of drug-likeness (QED) is 0.353. The number of hydrogen-bond acceptors (Lipinski definition) is 2. The number of rotatable bonds is 1. The first-order chi connectivity index (χ1) is 6.06. The zero-order valence-electron chi connectivity index (χ0n) is 6.81. The number of halogens is 3. The highest BCUT2D eigenvalue weighted by Gasteiger charge is 2.09. The van der Waals surface area contributed by atoms with Gasteiger partial charge in [0.2, 0.25) is 0 Å². The van der Waals surface area contributed by atoms with Crippen LogP contribution in [0.2, 0.25) is 0 Å². The number of benzene rings is 1. The van der Waals surface area contributed by atoms with Crippen LogP contribution in [0.5, 0.6) is 0 Å². The summed E-state index contributed by atoms with van der Waals surface area (Å²) in [6, 6.07) is 2.09. The molecule has 0 saturated carbocycles. The molecule has 0 aromatic heterocycles. The predicted molar refractivity (Wildman–Crippen MR) is 50.5 cm³/mol. The Kier molecular flexibility index (Phi) is 2.98. The number of hydrogen-bond donors (Lipinski definition) is 1. The standard InChI is InChI=1S/C8H7BrF2N2/c1-4(13-12)5-2-8(11)6(9)3-7(5)10/h2-3H,12H2,1H3. The van der Waals surface area contributed by atoms with Gasteiger partial charge in [-0.2, -0.15) is 5.10 Å². The van der Waals surface area contributed by atoms with E-state index in [1.54, 1.807) is 0 Å². The van der Waals surface area contributed by atoms with Gasteiger partial charge in [-0.25, -0.2) is 8.78 Å². The Hall–Kier alpha value is -0.970. The Morgan fingerprint density at radius 2 is 2.00 bits per heavy atom. The van der Waals surface area contributed by atoms with E-state index in [2.05, 4.69) is 21.0 Å².